The summed E-state index contributed by atoms with van der Waals surface area (Å²) >= 11 is 1.21. The minimum atomic E-state index is -0.437. The fourth-order valence-electron chi connectivity index (χ4n) is 3.31. The third-order valence-corrected chi connectivity index (χ3v) is 6.21. The maximum absolute atomic E-state index is 12.6. The smallest absolute Gasteiger partial charge is 0.348 e. The summed E-state index contributed by atoms with van der Waals surface area (Å²) in [7, 11) is 5.38. The van der Waals surface area contributed by atoms with Crippen molar-refractivity contribution in [2.75, 3.05) is 32.6 Å². The van der Waals surface area contributed by atoms with Crippen molar-refractivity contribution in [3.8, 4) is 0 Å². The normalized spacial score (nSPS) is 12.2. The molecule has 1 aromatic carbocycles. The molecule has 0 fully saturated rings. The summed E-state index contributed by atoms with van der Waals surface area (Å²) in [6, 6.07) is 8.49. The minimum absolute atomic E-state index is 0.209. The number of benzene rings is 1. The Bertz CT molecular complexity index is 1070. The molecule has 3 aromatic rings. The predicted molar refractivity (Wildman–Crippen MR) is 116 cm³/mol. The molecular formula is C21H27N4O3S+. The number of nitrogens with zero attached hydrogens (tertiary/aromatic N) is 2. The van der Waals surface area contributed by atoms with Gasteiger partial charge in [0.1, 0.15) is 22.8 Å². The number of aryl methyl sites for hydroxylation is 1. The molecule has 29 heavy (non-hydrogen) atoms. The Morgan fingerprint density at radius 3 is 2.52 bits per heavy atom. The number of methoxy groups -OCH3 is 1. The van der Waals surface area contributed by atoms with E-state index in [1.807, 2.05) is 14.1 Å². The molecule has 2 aromatic heterocycles. The van der Waals surface area contributed by atoms with E-state index in [4.69, 9.17) is 4.74 Å². The highest BCUT2D eigenvalue weighted by Gasteiger charge is 2.20. The monoisotopic (exact) mass is 415 g/mol. The first-order valence-electron chi connectivity index (χ1n) is 9.54. The molecule has 0 amide bonds. The zero-order valence-electron chi connectivity index (χ0n) is 17.5. The molecule has 0 saturated carbocycles. The van der Waals surface area contributed by atoms with Gasteiger partial charge in [-0.25, -0.2) is 9.78 Å². The molecule has 0 radical (unpaired) electrons. The van der Waals surface area contributed by atoms with E-state index in [2.05, 4.69) is 46.1 Å². The first-order valence-corrected chi connectivity index (χ1v) is 10.4. The number of rotatable bonds is 7. The summed E-state index contributed by atoms with van der Waals surface area (Å²) in [5.74, 6) is 0.190. The third kappa shape index (κ3) is 4.49. The van der Waals surface area contributed by atoms with Crippen molar-refractivity contribution in [1.82, 2.24) is 9.97 Å². The number of anilines is 1. The Hall–Kier alpha value is -2.71. The zero-order chi connectivity index (χ0) is 21.1. The third-order valence-electron chi connectivity index (χ3n) is 5.04. The number of fused-ring (bicyclic) bond motifs is 1. The number of thiophene rings is 1. The van der Waals surface area contributed by atoms with E-state index >= 15 is 0 Å². The Balaban J connectivity index is 1.83. The number of hydrogen-bond donors (Lipinski definition) is 2. The molecule has 154 valence electrons. The number of H-pyrrole nitrogens is 1. The first kappa shape index (κ1) is 21.0. The molecule has 8 heteroatoms. The highest BCUT2D eigenvalue weighted by molar-refractivity contribution is 7.20. The number of ether oxygens (including phenoxy) is 1. The van der Waals surface area contributed by atoms with E-state index in [9.17, 15) is 9.59 Å². The fraction of sp³-hybridized carbons (Fsp3) is 0.381. The lowest BCUT2D eigenvalue weighted by atomic mass is 10.2. The van der Waals surface area contributed by atoms with Gasteiger partial charge in [0.2, 0.25) is 0 Å². The molecule has 7 nitrogen and oxygen atoms in total. The van der Waals surface area contributed by atoms with E-state index in [0.717, 1.165) is 18.8 Å². The summed E-state index contributed by atoms with van der Waals surface area (Å²) < 4.78 is 4.81. The van der Waals surface area contributed by atoms with Crippen LogP contribution < -0.4 is 15.4 Å². The van der Waals surface area contributed by atoms with Gasteiger partial charge in [0.05, 0.1) is 19.0 Å². The molecule has 0 bridgehead atoms. The second-order valence-corrected chi connectivity index (χ2v) is 8.26. The molecular weight excluding hydrogens is 388 g/mol. The van der Waals surface area contributed by atoms with Gasteiger partial charge in [-0.1, -0.05) is 12.1 Å². The molecule has 1 atom stereocenters. The van der Waals surface area contributed by atoms with Crippen LogP contribution in [0.3, 0.4) is 0 Å². The largest absolute Gasteiger partial charge is 0.465 e. The standard InChI is InChI=1S/C21H26N4O3S/c1-6-25(11-14-7-9-15(10-8-14)24(3)4)12-16-22-19(26)17-13(2)18(21(27)28-5)29-20(17)23-16/h7-10H,6,11-12H2,1-5H3,(H,22,23,26)/p+1. The summed E-state index contributed by atoms with van der Waals surface area (Å²) in [6.07, 6.45) is 0. The van der Waals surface area contributed by atoms with Crippen molar-refractivity contribution in [2.24, 2.45) is 0 Å². The minimum Gasteiger partial charge on any atom is -0.465 e. The van der Waals surface area contributed by atoms with Crippen molar-refractivity contribution in [2.45, 2.75) is 26.9 Å². The highest BCUT2D eigenvalue weighted by Crippen LogP contribution is 2.27. The average Bonchev–Trinajstić information content (AvgIpc) is 3.04. The number of nitrogens with one attached hydrogen (secondary N) is 2. The summed E-state index contributed by atoms with van der Waals surface area (Å²) in [6.45, 7) is 6.20. The Labute approximate surface area is 173 Å². The van der Waals surface area contributed by atoms with E-state index in [-0.39, 0.29) is 5.56 Å². The molecule has 0 aliphatic rings. The summed E-state index contributed by atoms with van der Waals surface area (Å²) in [5.41, 5.74) is 2.81. The van der Waals surface area contributed by atoms with Gasteiger partial charge in [-0.3, -0.25) is 4.79 Å². The van der Waals surface area contributed by atoms with Crippen LogP contribution in [0.5, 0.6) is 0 Å². The lowest BCUT2D eigenvalue weighted by Crippen LogP contribution is -3.09. The lowest BCUT2D eigenvalue weighted by Gasteiger charge is -2.18. The number of hydrogen-bond acceptors (Lipinski definition) is 6. The van der Waals surface area contributed by atoms with Crippen LogP contribution in [-0.2, 0) is 17.8 Å². The molecule has 0 aliphatic carbocycles. The van der Waals surface area contributed by atoms with Crippen LogP contribution in [0.4, 0.5) is 5.69 Å². The topological polar surface area (TPSA) is 79.7 Å². The van der Waals surface area contributed by atoms with E-state index in [1.165, 1.54) is 28.9 Å². The van der Waals surface area contributed by atoms with Crippen LogP contribution >= 0.6 is 11.3 Å². The van der Waals surface area contributed by atoms with E-state index in [1.54, 1.807) is 6.92 Å². The van der Waals surface area contributed by atoms with Crippen LogP contribution in [0.25, 0.3) is 10.2 Å². The quantitative estimate of drug-likeness (QED) is 0.575. The fourth-order valence-corrected chi connectivity index (χ4v) is 4.43. The van der Waals surface area contributed by atoms with Gasteiger partial charge in [0.15, 0.2) is 5.82 Å². The second-order valence-electron chi connectivity index (χ2n) is 7.26. The van der Waals surface area contributed by atoms with Crippen molar-refractivity contribution in [3.05, 3.63) is 56.4 Å². The second kappa shape index (κ2) is 8.75. The number of quaternary nitrogens is 1. The molecule has 0 saturated heterocycles. The first-order chi connectivity index (χ1) is 13.8. The van der Waals surface area contributed by atoms with Crippen molar-refractivity contribution in [3.63, 3.8) is 0 Å². The lowest BCUT2D eigenvalue weighted by molar-refractivity contribution is -0.926. The van der Waals surface area contributed by atoms with Gasteiger partial charge in [-0.2, -0.15) is 0 Å². The summed E-state index contributed by atoms with van der Waals surface area (Å²) in [4.78, 5) is 36.4. The maximum atomic E-state index is 12.6. The molecule has 0 aliphatic heterocycles. The number of carbonyl (C=O) groups excluding carboxylic acids is 1. The molecule has 1 unspecified atom stereocenters. The zero-order valence-corrected chi connectivity index (χ0v) is 18.3. The number of carbonyl (C=O) groups is 1. The Kier molecular flexibility index (Phi) is 6.34. The Morgan fingerprint density at radius 2 is 1.93 bits per heavy atom. The van der Waals surface area contributed by atoms with Crippen molar-refractivity contribution >= 4 is 33.2 Å². The van der Waals surface area contributed by atoms with Crippen molar-refractivity contribution in [1.29, 1.82) is 0 Å². The van der Waals surface area contributed by atoms with Gasteiger partial charge in [-0.05, 0) is 31.5 Å². The number of aromatic nitrogens is 2. The predicted octanol–water partition coefficient (Wildman–Crippen LogP) is 1.75. The van der Waals surface area contributed by atoms with Crippen LogP contribution in [0, 0.1) is 6.92 Å². The van der Waals surface area contributed by atoms with Gasteiger partial charge in [0, 0.05) is 25.3 Å². The Morgan fingerprint density at radius 1 is 1.24 bits per heavy atom. The van der Waals surface area contributed by atoms with Crippen molar-refractivity contribution < 1.29 is 14.4 Å². The van der Waals surface area contributed by atoms with Crippen LogP contribution in [-0.4, -0.2) is 43.7 Å². The number of aromatic amines is 1. The van der Waals surface area contributed by atoms with Gasteiger partial charge in [-0.15, -0.1) is 11.3 Å². The van der Waals surface area contributed by atoms with Crippen LogP contribution in [0.1, 0.15) is 33.5 Å². The highest BCUT2D eigenvalue weighted by atomic mass is 32.1. The van der Waals surface area contributed by atoms with Crippen LogP contribution in [0.2, 0.25) is 0 Å². The number of esters is 1. The molecule has 0 spiro atoms. The van der Waals surface area contributed by atoms with Gasteiger partial charge in [0.25, 0.3) is 5.56 Å². The summed E-state index contributed by atoms with van der Waals surface area (Å²) in [5, 5.41) is 0.469. The maximum Gasteiger partial charge on any atom is 0.348 e. The van der Waals surface area contributed by atoms with Gasteiger partial charge >= 0.3 is 5.97 Å². The molecule has 2 N–H and O–H groups in total. The van der Waals surface area contributed by atoms with Crippen LogP contribution in [0.15, 0.2) is 29.1 Å². The average molecular weight is 416 g/mol. The van der Waals surface area contributed by atoms with E-state index in [0.29, 0.717) is 33.0 Å². The molecule has 3 rings (SSSR count). The molecule has 2 heterocycles. The van der Waals surface area contributed by atoms with E-state index < -0.39 is 5.97 Å². The van der Waals surface area contributed by atoms with Gasteiger partial charge < -0.3 is 19.5 Å². The SMILES string of the molecule is CC[NH+](Cc1ccc(N(C)C)cc1)Cc1nc2sc(C(=O)OC)c(C)c2c(=O)[nH]1.